The number of alkyl halides is 3. The first-order valence-electron chi connectivity index (χ1n) is 11.9. The van der Waals surface area contributed by atoms with Crippen LogP contribution in [-0.4, -0.2) is 64.8 Å². The van der Waals surface area contributed by atoms with Gasteiger partial charge in [0.25, 0.3) is 5.92 Å². The normalized spacial score (nSPS) is 26.7. The number of fused-ring (bicyclic) bond motifs is 1. The van der Waals surface area contributed by atoms with Crippen molar-refractivity contribution >= 4 is 22.4 Å². The van der Waals surface area contributed by atoms with Gasteiger partial charge in [-0.2, -0.15) is 0 Å². The molecule has 186 valence electrons. The molecule has 0 atom stereocenters. The monoisotopic (exact) mass is 497 g/mol. The maximum atomic E-state index is 15.5. The Morgan fingerprint density at radius 3 is 2.74 bits per heavy atom. The molecule has 34 heavy (non-hydrogen) atoms. The lowest BCUT2D eigenvalue weighted by atomic mass is 9.81. The molecule has 1 amide bonds. The van der Waals surface area contributed by atoms with Crippen LogP contribution in [0.3, 0.4) is 0 Å². The van der Waals surface area contributed by atoms with Crippen LogP contribution in [0.25, 0.3) is 0 Å². The Bertz CT molecular complexity index is 1030. The minimum atomic E-state index is -2.61. The highest BCUT2D eigenvalue weighted by Gasteiger charge is 2.45. The van der Waals surface area contributed by atoms with Gasteiger partial charge in [-0.15, -0.1) is 11.3 Å². The van der Waals surface area contributed by atoms with E-state index in [9.17, 15) is 13.6 Å². The van der Waals surface area contributed by atoms with Crippen molar-refractivity contribution in [2.75, 3.05) is 31.1 Å². The van der Waals surface area contributed by atoms with Gasteiger partial charge in [-0.05, 0) is 45.4 Å². The third-order valence-corrected chi connectivity index (χ3v) is 8.26. The molecule has 1 saturated carbocycles. The van der Waals surface area contributed by atoms with Gasteiger partial charge >= 0.3 is 0 Å². The van der Waals surface area contributed by atoms with E-state index < -0.39 is 11.6 Å². The van der Waals surface area contributed by atoms with E-state index in [2.05, 4.69) is 20.4 Å². The topological polar surface area (TPSA) is 74.5 Å². The lowest BCUT2D eigenvalue weighted by Gasteiger charge is -2.38. The summed E-state index contributed by atoms with van der Waals surface area (Å²) in [7, 11) is 0. The summed E-state index contributed by atoms with van der Waals surface area (Å²) in [6.45, 7) is 3.42. The average Bonchev–Trinajstić information content (AvgIpc) is 3.37. The first-order valence-corrected chi connectivity index (χ1v) is 12.7. The Hall–Kier alpha value is -2.14. The molecule has 11 heteroatoms. The van der Waals surface area contributed by atoms with E-state index in [0.29, 0.717) is 56.1 Å². The predicted octanol–water partition coefficient (Wildman–Crippen LogP) is 3.65. The maximum Gasteiger partial charge on any atom is 0.282 e. The van der Waals surface area contributed by atoms with Crippen molar-refractivity contribution in [3.63, 3.8) is 0 Å². The summed E-state index contributed by atoms with van der Waals surface area (Å²) in [4.78, 5) is 21.8. The van der Waals surface area contributed by atoms with Gasteiger partial charge in [-0.25, -0.2) is 18.2 Å². The first kappa shape index (κ1) is 23.6. The molecule has 1 aliphatic carbocycles. The number of thiazole rings is 1. The number of halogens is 3. The zero-order valence-corrected chi connectivity index (χ0v) is 20.1. The van der Waals surface area contributed by atoms with Crippen molar-refractivity contribution in [1.82, 2.24) is 20.4 Å². The van der Waals surface area contributed by atoms with Gasteiger partial charge in [-0.1, -0.05) is 5.16 Å². The van der Waals surface area contributed by atoms with Crippen molar-refractivity contribution in [3.05, 3.63) is 28.1 Å². The minimum absolute atomic E-state index is 0.0137. The van der Waals surface area contributed by atoms with Crippen LogP contribution in [0.5, 0.6) is 0 Å². The Morgan fingerprint density at radius 2 is 2.06 bits per heavy atom. The van der Waals surface area contributed by atoms with Crippen LogP contribution in [0, 0.1) is 6.92 Å². The lowest BCUT2D eigenvalue weighted by molar-refractivity contribution is -0.121. The number of hydrogen-bond donors (Lipinski definition) is 1. The molecule has 0 aromatic carbocycles. The van der Waals surface area contributed by atoms with Crippen LogP contribution in [0.15, 0.2) is 10.6 Å². The molecule has 0 bridgehead atoms. The number of carbonyl (C=O) groups excluding carboxylic acids is 1. The van der Waals surface area contributed by atoms with Gasteiger partial charge in [0, 0.05) is 36.6 Å². The van der Waals surface area contributed by atoms with Gasteiger partial charge < -0.3 is 14.7 Å². The molecule has 2 aromatic rings. The van der Waals surface area contributed by atoms with E-state index in [0.717, 1.165) is 29.2 Å². The second kappa shape index (κ2) is 9.14. The zero-order chi connectivity index (χ0) is 23.9. The van der Waals surface area contributed by atoms with E-state index in [4.69, 9.17) is 4.52 Å². The van der Waals surface area contributed by atoms with E-state index in [-0.39, 0.29) is 31.5 Å². The SMILES string of the molecule is Cc1cc(CC(=O)NC2CCC(F)(CCN3CCc4sc(N5CC(F)(F)C5)nc4C3)CC2)on1. The number of carbonyl (C=O) groups is 1. The van der Waals surface area contributed by atoms with Crippen molar-refractivity contribution < 1.29 is 22.5 Å². The standard InChI is InChI=1S/C23H30F3N5O2S/c1-15-10-17(33-29-15)11-20(32)27-16-2-5-22(24,6-3-16)7-9-30-8-4-19-18(12-30)28-21(34-19)31-13-23(25,26)14-31/h10,16H,2-9,11-14H2,1H3,(H,27,32). The third kappa shape index (κ3) is 5.40. The quantitative estimate of drug-likeness (QED) is 0.630. The minimum Gasteiger partial charge on any atom is -0.361 e. The molecule has 1 N–H and O–H groups in total. The highest BCUT2D eigenvalue weighted by molar-refractivity contribution is 7.15. The van der Waals surface area contributed by atoms with Crippen LogP contribution in [-0.2, 0) is 24.2 Å². The van der Waals surface area contributed by atoms with E-state index >= 15 is 4.39 Å². The van der Waals surface area contributed by atoms with Crippen molar-refractivity contribution in [3.8, 4) is 0 Å². The fourth-order valence-electron chi connectivity index (χ4n) is 5.04. The van der Waals surface area contributed by atoms with Gasteiger partial charge in [0.1, 0.15) is 11.4 Å². The zero-order valence-electron chi connectivity index (χ0n) is 19.3. The predicted molar refractivity (Wildman–Crippen MR) is 122 cm³/mol. The molecule has 0 spiro atoms. The average molecular weight is 498 g/mol. The van der Waals surface area contributed by atoms with Gasteiger partial charge in [0.2, 0.25) is 5.91 Å². The largest absolute Gasteiger partial charge is 0.361 e. The summed E-state index contributed by atoms with van der Waals surface area (Å²) in [6, 6.07) is 1.73. The number of nitrogens with zero attached hydrogens (tertiary/aromatic N) is 4. The van der Waals surface area contributed by atoms with Crippen LogP contribution in [0.4, 0.5) is 18.3 Å². The van der Waals surface area contributed by atoms with Crippen LogP contribution < -0.4 is 10.2 Å². The maximum absolute atomic E-state index is 15.5. The Kier molecular flexibility index (Phi) is 6.34. The number of rotatable bonds is 7. The van der Waals surface area contributed by atoms with E-state index in [1.54, 1.807) is 17.9 Å². The Balaban J connectivity index is 1.05. The van der Waals surface area contributed by atoms with Crippen molar-refractivity contribution in [2.24, 2.45) is 0 Å². The van der Waals surface area contributed by atoms with Crippen LogP contribution in [0.2, 0.25) is 0 Å². The lowest BCUT2D eigenvalue weighted by Crippen LogP contribution is -2.56. The van der Waals surface area contributed by atoms with Crippen LogP contribution in [0.1, 0.15) is 54.1 Å². The van der Waals surface area contributed by atoms with Gasteiger partial charge in [0.15, 0.2) is 5.13 Å². The molecular formula is C23H30F3N5O2S. The molecule has 4 heterocycles. The fraction of sp³-hybridized carbons (Fsp3) is 0.696. The van der Waals surface area contributed by atoms with Gasteiger partial charge in [0.05, 0.1) is 30.9 Å². The van der Waals surface area contributed by atoms with E-state index in [1.807, 2.05) is 0 Å². The second-order valence-corrected chi connectivity index (χ2v) is 11.0. The number of hydrogen-bond acceptors (Lipinski definition) is 7. The Morgan fingerprint density at radius 1 is 1.29 bits per heavy atom. The number of aryl methyl sites for hydroxylation is 1. The molecule has 5 rings (SSSR count). The molecule has 2 aliphatic heterocycles. The summed E-state index contributed by atoms with van der Waals surface area (Å²) in [5.41, 5.74) is 0.464. The van der Waals surface area contributed by atoms with E-state index in [1.165, 1.54) is 11.3 Å². The molecule has 7 nitrogen and oxygen atoms in total. The van der Waals surface area contributed by atoms with Crippen LogP contribution >= 0.6 is 11.3 Å². The smallest absolute Gasteiger partial charge is 0.282 e. The molecule has 0 unspecified atom stereocenters. The molecule has 1 saturated heterocycles. The number of nitrogens with one attached hydrogen (secondary N) is 1. The van der Waals surface area contributed by atoms with Gasteiger partial charge in [-0.3, -0.25) is 9.69 Å². The summed E-state index contributed by atoms with van der Waals surface area (Å²) in [5.74, 6) is -2.20. The molecular weight excluding hydrogens is 467 g/mol. The van der Waals surface area contributed by atoms with Crippen molar-refractivity contribution in [1.29, 1.82) is 0 Å². The molecule has 2 aromatic heterocycles. The summed E-state index contributed by atoms with van der Waals surface area (Å²) in [5, 5.41) is 7.46. The summed E-state index contributed by atoms with van der Waals surface area (Å²) < 4.78 is 46.9. The third-order valence-electron chi connectivity index (χ3n) is 7.04. The molecule has 3 aliphatic rings. The number of amides is 1. The summed E-state index contributed by atoms with van der Waals surface area (Å²) in [6.07, 6.45) is 3.54. The fourth-order valence-corrected chi connectivity index (χ4v) is 6.09. The highest BCUT2D eigenvalue weighted by Crippen LogP contribution is 2.38. The highest BCUT2D eigenvalue weighted by atomic mass is 32.1. The summed E-state index contributed by atoms with van der Waals surface area (Å²) >= 11 is 1.51. The Labute approximate surface area is 200 Å². The number of anilines is 1. The van der Waals surface area contributed by atoms with Crippen molar-refractivity contribution in [2.45, 2.75) is 76.0 Å². The first-order chi connectivity index (χ1) is 16.2. The number of aromatic nitrogens is 2. The molecule has 2 fully saturated rings. The molecule has 0 radical (unpaired) electrons. The second-order valence-electron chi connectivity index (χ2n) is 9.96.